The van der Waals surface area contributed by atoms with Gasteiger partial charge in [-0.05, 0) is 56.4 Å². The maximum atomic E-state index is 12.3. The zero-order chi connectivity index (χ0) is 13.9. The van der Waals surface area contributed by atoms with E-state index >= 15 is 0 Å². The molecule has 1 atom stereocenters. The van der Waals surface area contributed by atoms with Crippen LogP contribution >= 0.6 is 0 Å². The molecule has 1 aliphatic carbocycles. The van der Waals surface area contributed by atoms with Crippen molar-refractivity contribution in [2.45, 2.75) is 65.3 Å². The summed E-state index contributed by atoms with van der Waals surface area (Å²) in [5.41, 5.74) is 0.398. The minimum atomic E-state index is 0.264. The van der Waals surface area contributed by atoms with Crippen LogP contribution in [-0.2, 0) is 4.79 Å². The molecule has 3 nitrogen and oxygen atoms in total. The topological polar surface area (TPSA) is 41.1 Å². The minimum Gasteiger partial charge on any atom is -0.352 e. The Morgan fingerprint density at radius 1 is 1.11 bits per heavy atom. The molecule has 0 bridgehead atoms. The summed E-state index contributed by atoms with van der Waals surface area (Å²) in [5.74, 6) is 1.36. The van der Waals surface area contributed by atoms with Crippen LogP contribution in [0.15, 0.2) is 0 Å². The average molecular weight is 266 g/mol. The fourth-order valence-electron chi connectivity index (χ4n) is 3.52. The monoisotopic (exact) mass is 266 g/mol. The highest BCUT2D eigenvalue weighted by molar-refractivity contribution is 5.79. The Kier molecular flexibility index (Phi) is 4.88. The van der Waals surface area contributed by atoms with Gasteiger partial charge < -0.3 is 10.6 Å². The first kappa shape index (κ1) is 14.8. The van der Waals surface area contributed by atoms with Crippen LogP contribution in [0.2, 0.25) is 0 Å². The van der Waals surface area contributed by atoms with Gasteiger partial charge in [0.15, 0.2) is 0 Å². The third kappa shape index (κ3) is 4.20. The van der Waals surface area contributed by atoms with Crippen molar-refractivity contribution in [1.82, 2.24) is 10.6 Å². The van der Waals surface area contributed by atoms with Gasteiger partial charge in [0, 0.05) is 18.5 Å². The van der Waals surface area contributed by atoms with E-state index < -0.39 is 0 Å². The average Bonchev–Trinajstić information content (AvgIpc) is 2.39. The maximum absolute atomic E-state index is 12.3. The normalized spacial score (nSPS) is 32.9. The molecule has 1 saturated carbocycles. The Hall–Kier alpha value is -0.570. The molecule has 2 fully saturated rings. The molecule has 2 N–H and O–H groups in total. The van der Waals surface area contributed by atoms with Gasteiger partial charge in [-0.15, -0.1) is 0 Å². The molecule has 1 amide bonds. The van der Waals surface area contributed by atoms with E-state index in [9.17, 15) is 4.79 Å². The third-order valence-corrected chi connectivity index (χ3v) is 4.97. The lowest BCUT2D eigenvalue weighted by molar-refractivity contribution is -0.127. The number of hydrogen-bond donors (Lipinski definition) is 2. The Morgan fingerprint density at radius 3 is 2.32 bits per heavy atom. The maximum Gasteiger partial charge on any atom is 0.223 e. The van der Waals surface area contributed by atoms with Crippen LogP contribution < -0.4 is 10.6 Å². The summed E-state index contributed by atoms with van der Waals surface area (Å²) < 4.78 is 0. The van der Waals surface area contributed by atoms with Crippen molar-refractivity contribution in [1.29, 1.82) is 0 Å². The fraction of sp³-hybridized carbons (Fsp3) is 0.938. The van der Waals surface area contributed by atoms with E-state index in [1.54, 1.807) is 0 Å². The van der Waals surface area contributed by atoms with Crippen molar-refractivity contribution in [3.63, 3.8) is 0 Å². The second-order valence-corrected chi connectivity index (χ2v) is 7.47. The first-order valence-electron chi connectivity index (χ1n) is 7.98. The Bertz CT molecular complexity index is 294. The van der Waals surface area contributed by atoms with Gasteiger partial charge in [0.2, 0.25) is 5.91 Å². The van der Waals surface area contributed by atoms with Crippen molar-refractivity contribution in [2.75, 3.05) is 13.1 Å². The van der Waals surface area contributed by atoms with E-state index in [0.717, 1.165) is 38.3 Å². The van der Waals surface area contributed by atoms with Gasteiger partial charge in [0.05, 0.1) is 0 Å². The second-order valence-electron chi connectivity index (χ2n) is 7.47. The first-order valence-corrected chi connectivity index (χ1v) is 7.98. The molecular weight excluding hydrogens is 236 g/mol. The summed E-state index contributed by atoms with van der Waals surface area (Å²) in [5, 5.41) is 6.60. The standard InChI is InChI=1S/C16H30N2O/c1-16(2,3)13-8-6-12(7-9-13)15(19)18-14-5-4-10-17-11-14/h12-14,17H,4-11H2,1-3H3,(H,18,19). The molecule has 1 unspecified atom stereocenters. The van der Waals surface area contributed by atoms with E-state index in [2.05, 4.69) is 31.4 Å². The lowest BCUT2D eigenvalue weighted by Gasteiger charge is -2.37. The SMILES string of the molecule is CC(C)(C)C1CCC(C(=O)NC2CCCNC2)CC1. The van der Waals surface area contributed by atoms with Gasteiger partial charge in [-0.3, -0.25) is 4.79 Å². The fourth-order valence-corrected chi connectivity index (χ4v) is 3.52. The predicted octanol–water partition coefficient (Wildman–Crippen LogP) is 2.71. The summed E-state index contributed by atoms with van der Waals surface area (Å²) in [6.07, 6.45) is 6.90. The number of rotatable bonds is 2. The molecule has 1 aliphatic heterocycles. The molecule has 19 heavy (non-hydrogen) atoms. The summed E-state index contributed by atoms with van der Waals surface area (Å²) in [7, 11) is 0. The molecular formula is C16H30N2O. The van der Waals surface area contributed by atoms with Crippen LogP contribution in [0.5, 0.6) is 0 Å². The van der Waals surface area contributed by atoms with Crippen molar-refractivity contribution >= 4 is 5.91 Å². The molecule has 1 saturated heterocycles. The van der Waals surface area contributed by atoms with E-state index in [4.69, 9.17) is 0 Å². The third-order valence-electron chi connectivity index (χ3n) is 4.97. The molecule has 0 radical (unpaired) electrons. The van der Waals surface area contributed by atoms with Crippen molar-refractivity contribution in [2.24, 2.45) is 17.3 Å². The highest BCUT2D eigenvalue weighted by Crippen LogP contribution is 2.39. The smallest absolute Gasteiger partial charge is 0.223 e. The Labute approximate surface area is 117 Å². The summed E-state index contributed by atoms with van der Waals surface area (Å²) in [6, 6.07) is 0.363. The van der Waals surface area contributed by atoms with Crippen LogP contribution in [0, 0.1) is 17.3 Å². The highest BCUT2D eigenvalue weighted by atomic mass is 16.1. The van der Waals surface area contributed by atoms with Gasteiger partial charge in [-0.1, -0.05) is 20.8 Å². The number of piperidine rings is 1. The van der Waals surface area contributed by atoms with Crippen LogP contribution in [0.4, 0.5) is 0 Å². The van der Waals surface area contributed by atoms with E-state index in [-0.39, 0.29) is 5.92 Å². The zero-order valence-corrected chi connectivity index (χ0v) is 12.8. The summed E-state index contributed by atoms with van der Waals surface area (Å²) in [4.78, 5) is 12.3. The van der Waals surface area contributed by atoms with Crippen LogP contribution in [-0.4, -0.2) is 25.0 Å². The number of hydrogen-bond acceptors (Lipinski definition) is 2. The highest BCUT2D eigenvalue weighted by Gasteiger charge is 2.32. The minimum absolute atomic E-state index is 0.264. The molecule has 1 heterocycles. The van der Waals surface area contributed by atoms with E-state index in [1.807, 2.05) is 0 Å². The van der Waals surface area contributed by atoms with E-state index in [0.29, 0.717) is 17.4 Å². The lowest BCUT2D eigenvalue weighted by Crippen LogP contribution is -2.48. The van der Waals surface area contributed by atoms with Crippen LogP contribution in [0.3, 0.4) is 0 Å². The largest absolute Gasteiger partial charge is 0.352 e. The molecule has 0 aromatic heterocycles. The number of amides is 1. The van der Waals surface area contributed by atoms with Crippen molar-refractivity contribution in [3.8, 4) is 0 Å². The molecule has 2 rings (SSSR count). The zero-order valence-electron chi connectivity index (χ0n) is 12.8. The van der Waals surface area contributed by atoms with Gasteiger partial charge in [0.1, 0.15) is 0 Å². The Balaban J connectivity index is 1.76. The lowest BCUT2D eigenvalue weighted by atomic mass is 9.69. The molecule has 0 spiro atoms. The summed E-state index contributed by atoms with van der Waals surface area (Å²) in [6.45, 7) is 9.02. The first-order chi connectivity index (χ1) is 8.97. The molecule has 0 aromatic rings. The summed E-state index contributed by atoms with van der Waals surface area (Å²) >= 11 is 0. The quantitative estimate of drug-likeness (QED) is 0.807. The van der Waals surface area contributed by atoms with Crippen LogP contribution in [0.25, 0.3) is 0 Å². The van der Waals surface area contributed by atoms with Gasteiger partial charge in [-0.2, -0.15) is 0 Å². The van der Waals surface area contributed by atoms with Crippen molar-refractivity contribution in [3.05, 3.63) is 0 Å². The molecule has 2 aliphatic rings. The van der Waals surface area contributed by atoms with Crippen molar-refractivity contribution < 1.29 is 4.79 Å². The Morgan fingerprint density at radius 2 is 1.79 bits per heavy atom. The van der Waals surface area contributed by atoms with Crippen LogP contribution in [0.1, 0.15) is 59.3 Å². The van der Waals surface area contributed by atoms with Gasteiger partial charge in [0.25, 0.3) is 0 Å². The number of nitrogens with one attached hydrogen (secondary N) is 2. The van der Waals surface area contributed by atoms with Gasteiger partial charge in [-0.25, -0.2) is 0 Å². The molecule has 110 valence electrons. The van der Waals surface area contributed by atoms with Gasteiger partial charge >= 0.3 is 0 Å². The second kappa shape index (κ2) is 6.25. The number of carbonyl (C=O) groups excluding carboxylic acids is 1. The molecule has 0 aromatic carbocycles. The number of carbonyl (C=O) groups is 1. The predicted molar refractivity (Wildman–Crippen MR) is 78.9 cm³/mol. The molecule has 3 heteroatoms. The van der Waals surface area contributed by atoms with E-state index in [1.165, 1.54) is 19.3 Å².